The van der Waals surface area contributed by atoms with Crippen LogP contribution in [0.1, 0.15) is 23.3 Å². The van der Waals surface area contributed by atoms with Crippen molar-refractivity contribution in [3.05, 3.63) is 18.0 Å². The molecule has 0 unspecified atom stereocenters. The first kappa shape index (κ1) is 15.5. The molecule has 1 aromatic rings. The van der Waals surface area contributed by atoms with Crippen LogP contribution in [0.25, 0.3) is 0 Å². The molecule has 9 heteroatoms. The average molecular weight is 314 g/mol. The van der Waals surface area contributed by atoms with Gasteiger partial charge in [-0.2, -0.15) is 0 Å². The van der Waals surface area contributed by atoms with E-state index < -0.39 is 10.0 Å². The number of carbonyl (C=O) groups is 2. The summed E-state index contributed by atoms with van der Waals surface area (Å²) in [5.41, 5.74) is 5.45. The van der Waals surface area contributed by atoms with Crippen LogP contribution in [0.15, 0.2) is 17.2 Å². The van der Waals surface area contributed by atoms with Crippen molar-refractivity contribution in [3.63, 3.8) is 0 Å². The molecule has 0 saturated carbocycles. The summed E-state index contributed by atoms with van der Waals surface area (Å²) in [6.45, 7) is 0.860. The van der Waals surface area contributed by atoms with Crippen LogP contribution in [-0.2, 0) is 14.8 Å². The molecule has 0 atom stereocenters. The van der Waals surface area contributed by atoms with Gasteiger partial charge < -0.3 is 15.6 Å². The van der Waals surface area contributed by atoms with Gasteiger partial charge in [0.1, 0.15) is 10.6 Å². The molecule has 1 fully saturated rings. The number of hydrogen-bond donors (Lipinski definition) is 3. The van der Waals surface area contributed by atoms with E-state index in [1.807, 2.05) is 0 Å². The van der Waals surface area contributed by atoms with Crippen LogP contribution in [0.4, 0.5) is 0 Å². The first-order chi connectivity index (χ1) is 9.85. The largest absolute Gasteiger partial charge is 0.369 e. The van der Waals surface area contributed by atoms with Crippen molar-refractivity contribution < 1.29 is 18.0 Å². The van der Waals surface area contributed by atoms with Gasteiger partial charge in [-0.25, -0.2) is 13.1 Å². The van der Waals surface area contributed by atoms with Crippen molar-refractivity contribution in [3.8, 4) is 0 Å². The highest BCUT2D eigenvalue weighted by molar-refractivity contribution is 7.89. The predicted octanol–water partition coefficient (Wildman–Crippen LogP) is -0.740. The molecule has 1 aromatic heterocycles. The van der Waals surface area contributed by atoms with E-state index in [0.717, 1.165) is 0 Å². The molecule has 2 rings (SSSR count). The second-order valence-corrected chi connectivity index (χ2v) is 6.81. The van der Waals surface area contributed by atoms with Gasteiger partial charge in [0.15, 0.2) is 0 Å². The van der Waals surface area contributed by atoms with Crippen molar-refractivity contribution >= 4 is 21.8 Å². The zero-order valence-corrected chi connectivity index (χ0v) is 12.4. The zero-order valence-electron chi connectivity index (χ0n) is 11.6. The summed E-state index contributed by atoms with van der Waals surface area (Å²) >= 11 is 0. The third kappa shape index (κ3) is 3.24. The number of sulfonamides is 1. The van der Waals surface area contributed by atoms with E-state index in [1.165, 1.54) is 19.3 Å². The Balaban J connectivity index is 2.07. The Labute approximate surface area is 122 Å². The van der Waals surface area contributed by atoms with Crippen LogP contribution in [0.2, 0.25) is 0 Å². The number of H-pyrrole nitrogens is 1. The number of carbonyl (C=O) groups excluding carboxylic acids is 2. The van der Waals surface area contributed by atoms with Crippen LogP contribution in [0.3, 0.4) is 0 Å². The molecule has 0 bridgehead atoms. The quantitative estimate of drug-likeness (QED) is 0.676. The van der Waals surface area contributed by atoms with Crippen molar-refractivity contribution in [2.45, 2.75) is 17.7 Å². The number of aromatic amines is 1. The van der Waals surface area contributed by atoms with Crippen LogP contribution in [0, 0.1) is 5.92 Å². The highest BCUT2D eigenvalue weighted by atomic mass is 32.2. The lowest BCUT2D eigenvalue weighted by molar-refractivity contribution is -0.123. The van der Waals surface area contributed by atoms with E-state index in [2.05, 4.69) is 9.71 Å². The molecular formula is C12H18N4O4S. The van der Waals surface area contributed by atoms with Gasteiger partial charge >= 0.3 is 0 Å². The minimum atomic E-state index is -3.57. The van der Waals surface area contributed by atoms with Crippen LogP contribution < -0.4 is 10.5 Å². The number of nitrogens with zero attached hydrogens (tertiary/aromatic N) is 1. The third-order valence-electron chi connectivity index (χ3n) is 3.65. The number of nitrogens with one attached hydrogen (secondary N) is 2. The van der Waals surface area contributed by atoms with Gasteiger partial charge in [0.25, 0.3) is 5.91 Å². The van der Waals surface area contributed by atoms with Gasteiger partial charge in [-0.15, -0.1) is 0 Å². The standard InChI is InChI=1S/C12H18N4O4S/c1-14-21(19,20)9-6-10(15-7-9)12(18)16-4-2-8(3-5-16)11(13)17/h6-8,14-15H,2-5H2,1H3,(H2,13,17). The molecule has 8 nitrogen and oxygen atoms in total. The lowest BCUT2D eigenvalue weighted by Gasteiger charge is -2.30. The number of likely N-dealkylation sites (tertiary alicyclic amines) is 1. The van der Waals surface area contributed by atoms with E-state index in [0.29, 0.717) is 25.9 Å². The molecule has 0 spiro atoms. The first-order valence-electron chi connectivity index (χ1n) is 6.55. The maximum Gasteiger partial charge on any atom is 0.270 e. The van der Waals surface area contributed by atoms with Gasteiger partial charge in [0.05, 0.1) is 0 Å². The smallest absolute Gasteiger partial charge is 0.270 e. The molecule has 0 aliphatic carbocycles. The molecule has 1 aliphatic heterocycles. The Bertz CT molecular complexity index is 644. The highest BCUT2D eigenvalue weighted by Gasteiger charge is 2.27. The molecule has 21 heavy (non-hydrogen) atoms. The lowest BCUT2D eigenvalue weighted by atomic mass is 9.96. The minimum Gasteiger partial charge on any atom is -0.369 e. The van der Waals surface area contributed by atoms with E-state index in [4.69, 9.17) is 5.73 Å². The summed E-state index contributed by atoms with van der Waals surface area (Å²) < 4.78 is 25.4. The number of aromatic nitrogens is 1. The molecule has 1 aliphatic rings. The van der Waals surface area contributed by atoms with Crippen molar-refractivity contribution in [1.82, 2.24) is 14.6 Å². The summed E-state index contributed by atoms with van der Waals surface area (Å²) in [5, 5.41) is 0. The van der Waals surface area contributed by atoms with Crippen LogP contribution >= 0.6 is 0 Å². The fourth-order valence-corrected chi connectivity index (χ4v) is 3.03. The van der Waals surface area contributed by atoms with Gasteiger partial charge in [-0.1, -0.05) is 0 Å². The molecule has 4 N–H and O–H groups in total. The third-order valence-corrected chi connectivity index (χ3v) is 5.04. The maximum absolute atomic E-state index is 12.3. The minimum absolute atomic E-state index is 0.0142. The van der Waals surface area contributed by atoms with E-state index >= 15 is 0 Å². The van der Waals surface area contributed by atoms with E-state index in [1.54, 1.807) is 4.90 Å². The summed E-state index contributed by atoms with van der Waals surface area (Å²) in [4.78, 5) is 27.6. The molecular weight excluding hydrogens is 296 g/mol. The van der Waals surface area contributed by atoms with Gasteiger partial charge in [0.2, 0.25) is 15.9 Å². The Hall–Kier alpha value is -1.87. The number of hydrogen-bond acceptors (Lipinski definition) is 4. The maximum atomic E-state index is 12.3. The van der Waals surface area contributed by atoms with Crippen LogP contribution in [0.5, 0.6) is 0 Å². The van der Waals surface area contributed by atoms with Crippen molar-refractivity contribution in [2.75, 3.05) is 20.1 Å². The Morgan fingerprint density at radius 2 is 2.00 bits per heavy atom. The molecule has 2 amide bonds. The van der Waals surface area contributed by atoms with E-state index in [9.17, 15) is 18.0 Å². The number of primary amides is 1. The normalized spacial score (nSPS) is 16.9. The van der Waals surface area contributed by atoms with Crippen molar-refractivity contribution in [2.24, 2.45) is 11.7 Å². The first-order valence-corrected chi connectivity index (χ1v) is 8.04. The molecule has 0 aromatic carbocycles. The van der Waals surface area contributed by atoms with E-state index in [-0.39, 0.29) is 28.3 Å². The Kier molecular flexibility index (Phi) is 4.33. The Morgan fingerprint density at radius 1 is 1.38 bits per heavy atom. The van der Waals surface area contributed by atoms with Gasteiger partial charge in [0, 0.05) is 25.2 Å². The average Bonchev–Trinajstić information content (AvgIpc) is 2.97. The number of nitrogens with two attached hydrogens (primary N) is 1. The summed E-state index contributed by atoms with van der Waals surface area (Å²) in [7, 11) is -2.27. The van der Waals surface area contributed by atoms with Gasteiger partial charge in [-0.3, -0.25) is 9.59 Å². The lowest BCUT2D eigenvalue weighted by Crippen LogP contribution is -2.41. The van der Waals surface area contributed by atoms with Crippen LogP contribution in [-0.4, -0.2) is 50.3 Å². The van der Waals surface area contributed by atoms with Crippen molar-refractivity contribution in [1.29, 1.82) is 0 Å². The second kappa shape index (κ2) is 5.86. The highest BCUT2D eigenvalue weighted by Crippen LogP contribution is 2.19. The number of amides is 2. The molecule has 1 saturated heterocycles. The second-order valence-electron chi connectivity index (χ2n) is 4.93. The predicted molar refractivity (Wildman–Crippen MR) is 74.9 cm³/mol. The Morgan fingerprint density at radius 3 is 2.52 bits per heavy atom. The summed E-state index contributed by atoms with van der Waals surface area (Å²) in [6.07, 6.45) is 2.34. The summed E-state index contributed by atoms with van der Waals surface area (Å²) in [6, 6.07) is 1.30. The fourth-order valence-electron chi connectivity index (χ4n) is 2.31. The fraction of sp³-hybridized carbons (Fsp3) is 0.500. The monoisotopic (exact) mass is 314 g/mol. The SMILES string of the molecule is CNS(=O)(=O)c1c[nH]c(C(=O)N2CCC(C(N)=O)CC2)c1. The summed E-state index contributed by atoms with van der Waals surface area (Å²) in [5.74, 6) is -0.822. The topological polar surface area (TPSA) is 125 Å². The van der Waals surface area contributed by atoms with Gasteiger partial charge in [-0.05, 0) is 26.0 Å². The molecule has 116 valence electrons. The molecule has 0 radical (unpaired) electrons. The molecule has 2 heterocycles. The number of rotatable bonds is 4. The number of piperidine rings is 1. The zero-order chi connectivity index (χ0) is 15.6.